The summed E-state index contributed by atoms with van der Waals surface area (Å²) in [7, 11) is 0.587. The number of nitrogens with one attached hydrogen (secondary N) is 3. The smallest absolute Gasteiger partial charge is 0.251 e. The average Bonchev–Trinajstić information content (AvgIpc) is 2.90. The van der Waals surface area contributed by atoms with Crippen LogP contribution in [0.15, 0.2) is 42.5 Å². The van der Waals surface area contributed by atoms with Crippen LogP contribution in [-0.4, -0.2) is 54.5 Å². The van der Waals surface area contributed by atoms with Crippen LogP contribution in [0.1, 0.15) is 74.0 Å². The molecule has 0 spiro atoms. The first-order valence-corrected chi connectivity index (χ1v) is 16.1. The molecule has 2 aromatic rings. The summed E-state index contributed by atoms with van der Waals surface area (Å²) in [5.41, 5.74) is 4.87. The van der Waals surface area contributed by atoms with Crippen LogP contribution in [0.3, 0.4) is 0 Å². The van der Waals surface area contributed by atoms with Crippen LogP contribution in [-0.2, 0) is 35.0 Å². The summed E-state index contributed by atoms with van der Waals surface area (Å²) in [5.74, 6) is 0.562. The molecule has 4 bridgehead atoms. The molecule has 1 aliphatic rings. The summed E-state index contributed by atoms with van der Waals surface area (Å²) in [5, 5.41) is 9.81. The minimum absolute atomic E-state index is 0.00422. The van der Waals surface area contributed by atoms with Gasteiger partial charge in [0.15, 0.2) is 0 Å². The highest BCUT2D eigenvalue weighted by atomic mass is 32.2. The van der Waals surface area contributed by atoms with Crippen LogP contribution in [0.25, 0.3) is 0 Å². The van der Waals surface area contributed by atoms with Crippen LogP contribution in [0.4, 0.5) is 5.69 Å². The molecule has 3 atom stereocenters. The van der Waals surface area contributed by atoms with Crippen molar-refractivity contribution in [2.75, 3.05) is 30.7 Å². The van der Waals surface area contributed by atoms with Crippen molar-refractivity contribution >= 4 is 28.5 Å². The number of fused-ring (bicyclic) bond motifs is 4. The van der Waals surface area contributed by atoms with Crippen molar-refractivity contribution in [2.45, 2.75) is 78.3 Å². The van der Waals surface area contributed by atoms with Gasteiger partial charge >= 0.3 is 0 Å². The van der Waals surface area contributed by atoms with Crippen molar-refractivity contribution in [3.63, 3.8) is 0 Å². The summed E-state index contributed by atoms with van der Waals surface area (Å²) in [6.07, 6.45) is 6.92. The number of anilines is 1. The van der Waals surface area contributed by atoms with Crippen molar-refractivity contribution in [3.8, 4) is 0 Å². The highest BCUT2D eigenvalue weighted by Gasteiger charge is 2.23. The van der Waals surface area contributed by atoms with Gasteiger partial charge in [-0.15, -0.1) is 0 Å². The van der Waals surface area contributed by atoms with Gasteiger partial charge in [-0.3, -0.25) is 13.9 Å². The predicted octanol–water partition coefficient (Wildman–Crippen LogP) is 4.41. The number of rotatable bonds is 10. The van der Waals surface area contributed by atoms with Crippen LogP contribution in [0.5, 0.6) is 0 Å². The molecule has 0 aliphatic carbocycles. The second-order valence-electron chi connectivity index (χ2n) is 11.9. The van der Waals surface area contributed by atoms with E-state index in [0.29, 0.717) is 43.3 Å². The molecule has 220 valence electrons. The van der Waals surface area contributed by atoms with Crippen LogP contribution >= 0.6 is 0 Å². The largest absolute Gasteiger partial charge is 0.354 e. The van der Waals surface area contributed by atoms with Gasteiger partial charge in [-0.05, 0) is 85.3 Å². The van der Waals surface area contributed by atoms with Crippen molar-refractivity contribution < 1.29 is 13.8 Å². The molecule has 1 heterocycles. The molecule has 2 aromatic carbocycles. The first kappa shape index (κ1) is 31.8. The van der Waals surface area contributed by atoms with E-state index in [0.717, 1.165) is 36.9 Å². The van der Waals surface area contributed by atoms with Gasteiger partial charge in [0.25, 0.3) is 5.91 Å². The van der Waals surface area contributed by atoms with E-state index < -0.39 is 11.0 Å². The van der Waals surface area contributed by atoms with E-state index in [2.05, 4.69) is 67.9 Å². The van der Waals surface area contributed by atoms with Gasteiger partial charge in [-0.1, -0.05) is 52.0 Å². The Labute approximate surface area is 243 Å². The van der Waals surface area contributed by atoms with E-state index >= 15 is 0 Å². The van der Waals surface area contributed by atoms with E-state index in [1.807, 2.05) is 18.2 Å². The number of amides is 2. The molecule has 2 amide bonds. The van der Waals surface area contributed by atoms with Gasteiger partial charge in [-0.2, -0.15) is 0 Å². The van der Waals surface area contributed by atoms with E-state index in [-0.39, 0.29) is 23.9 Å². The zero-order chi connectivity index (χ0) is 29.2. The highest BCUT2D eigenvalue weighted by Crippen LogP contribution is 2.22. The maximum atomic E-state index is 13.6. The molecule has 0 saturated heterocycles. The Kier molecular flexibility index (Phi) is 12.2. The Balaban J connectivity index is 1.89. The maximum Gasteiger partial charge on any atom is 0.251 e. The lowest BCUT2D eigenvalue weighted by molar-refractivity contribution is -0.123. The van der Waals surface area contributed by atoms with Crippen LogP contribution in [0, 0.1) is 11.8 Å². The number of hydrogen-bond acceptors (Lipinski definition) is 4. The number of nitrogens with zero attached hydrogens (tertiary/aromatic N) is 1. The van der Waals surface area contributed by atoms with Gasteiger partial charge < -0.3 is 16.0 Å². The molecule has 0 radical (unpaired) electrons. The Morgan fingerprint density at radius 2 is 1.73 bits per heavy atom. The summed E-state index contributed by atoms with van der Waals surface area (Å²) in [4.78, 5) is 26.7. The second kappa shape index (κ2) is 15.3. The first-order valence-electron chi connectivity index (χ1n) is 14.6. The van der Waals surface area contributed by atoms with Gasteiger partial charge in [0.05, 0.1) is 6.04 Å². The molecule has 0 aromatic heterocycles. The van der Waals surface area contributed by atoms with Gasteiger partial charge in [0.1, 0.15) is 11.0 Å². The summed E-state index contributed by atoms with van der Waals surface area (Å²) in [6, 6.07) is 13.9. The molecule has 1 unspecified atom stereocenters. The summed E-state index contributed by atoms with van der Waals surface area (Å²) < 4.78 is 13.9. The van der Waals surface area contributed by atoms with Gasteiger partial charge in [0, 0.05) is 43.7 Å². The summed E-state index contributed by atoms with van der Waals surface area (Å²) in [6.45, 7) is 9.50. The lowest BCUT2D eigenvalue weighted by Crippen LogP contribution is -2.51. The lowest BCUT2D eigenvalue weighted by Gasteiger charge is -2.26. The molecular formula is C32H48N4O3S. The zero-order valence-corrected chi connectivity index (χ0v) is 25.9. The fourth-order valence-corrected chi connectivity index (χ4v) is 5.45. The van der Waals surface area contributed by atoms with E-state index in [9.17, 15) is 13.8 Å². The van der Waals surface area contributed by atoms with Crippen molar-refractivity contribution in [2.24, 2.45) is 11.8 Å². The predicted molar refractivity (Wildman–Crippen MR) is 166 cm³/mol. The minimum atomic E-state index is -1.20. The monoisotopic (exact) mass is 568 g/mol. The Bertz CT molecular complexity index is 1170. The molecule has 7 nitrogen and oxygen atoms in total. The second-order valence-corrected chi connectivity index (χ2v) is 13.3. The number of hydrogen-bond donors (Lipinski definition) is 3. The fourth-order valence-electron chi connectivity index (χ4n) is 5.04. The highest BCUT2D eigenvalue weighted by molar-refractivity contribution is 7.85. The Morgan fingerprint density at radius 1 is 1.02 bits per heavy atom. The molecular weight excluding hydrogens is 520 g/mol. The first-order chi connectivity index (χ1) is 19.0. The number of carbonyl (C=O) groups excluding carboxylic acids is 2. The third kappa shape index (κ3) is 10.0. The zero-order valence-electron chi connectivity index (χ0n) is 25.1. The third-order valence-electron chi connectivity index (χ3n) is 7.30. The molecule has 0 saturated carbocycles. The lowest BCUT2D eigenvalue weighted by atomic mass is 9.97. The maximum absolute atomic E-state index is 13.6. The summed E-state index contributed by atoms with van der Waals surface area (Å²) >= 11 is 0. The SMILES string of the molecule is CC(C)CNC(=O)[C@H](CC(C)C)NC[C@@H]1Cc2cccc(c2)CCCCc2cc(cc(N(C)S(C)=O)c2)C(=O)N1. The third-order valence-corrected chi connectivity index (χ3v) is 8.28. The van der Waals surface area contributed by atoms with Crippen molar-refractivity contribution in [1.29, 1.82) is 0 Å². The van der Waals surface area contributed by atoms with E-state index in [4.69, 9.17) is 0 Å². The standard InChI is InChI=1S/C32H48N4O3S/c1-22(2)14-30(32(38)34-20-23(3)4)33-21-28-17-25-13-9-12-24(15-25)10-7-8-11-26-16-27(31(37)35-28)19-29(18-26)36(5)40(6)39/h9,12-13,15-16,18-19,22-23,28,30,33H,7-8,10-11,14,17,20-21H2,1-6H3,(H,34,38)(H,35,37)/t28-,30-,40?/m0/s1. The Morgan fingerprint density at radius 3 is 2.40 bits per heavy atom. The van der Waals surface area contributed by atoms with Crippen molar-refractivity contribution in [3.05, 3.63) is 64.7 Å². The van der Waals surface area contributed by atoms with Gasteiger partial charge in [-0.25, -0.2) is 4.21 Å². The fraction of sp³-hybridized carbons (Fsp3) is 0.562. The molecule has 0 fully saturated rings. The Hall–Kier alpha value is -2.71. The van der Waals surface area contributed by atoms with Gasteiger partial charge in [0.2, 0.25) is 5.91 Å². The average molecular weight is 569 g/mol. The van der Waals surface area contributed by atoms with Crippen molar-refractivity contribution in [1.82, 2.24) is 16.0 Å². The normalized spacial score (nSPS) is 17.6. The van der Waals surface area contributed by atoms with Crippen LogP contribution < -0.4 is 20.3 Å². The number of carbonyl (C=O) groups is 2. The van der Waals surface area contributed by atoms with E-state index in [1.165, 1.54) is 11.1 Å². The molecule has 1 aliphatic heterocycles. The molecule has 3 N–H and O–H groups in total. The quantitative estimate of drug-likeness (QED) is 0.396. The minimum Gasteiger partial charge on any atom is -0.354 e. The molecule has 8 heteroatoms. The molecule has 40 heavy (non-hydrogen) atoms. The number of benzene rings is 2. The van der Waals surface area contributed by atoms with E-state index in [1.54, 1.807) is 17.6 Å². The van der Waals surface area contributed by atoms with Crippen LogP contribution in [0.2, 0.25) is 0 Å². The number of aryl methyl sites for hydroxylation is 2. The topological polar surface area (TPSA) is 90.5 Å². The molecule has 3 rings (SSSR count).